The first-order chi connectivity index (χ1) is 17.0. The maximum atomic E-state index is 13.6. The van der Waals surface area contributed by atoms with E-state index in [0.29, 0.717) is 18.7 Å². The monoisotopic (exact) mass is 470 g/mol. The Morgan fingerprint density at radius 2 is 1.63 bits per heavy atom. The molecular weight excluding hydrogens is 440 g/mol. The van der Waals surface area contributed by atoms with Crippen LogP contribution in [0.1, 0.15) is 18.9 Å². The predicted octanol–water partition coefficient (Wildman–Crippen LogP) is 3.94. The maximum absolute atomic E-state index is 13.6. The zero-order valence-corrected chi connectivity index (χ0v) is 20.3. The molecule has 3 aromatic carbocycles. The Kier molecular flexibility index (Phi) is 7.40. The van der Waals surface area contributed by atoms with Crippen molar-refractivity contribution in [3.05, 3.63) is 84.4 Å². The molecule has 35 heavy (non-hydrogen) atoms. The van der Waals surface area contributed by atoms with Crippen LogP contribution in [0.2, 0.25) is 0 Å². The van der Waals surface area contributed by atoms with Gasteiger partial charge in [-0.05, 0) is 48.4 Å². The molecule has 8 heteroatoms. The molecule has 0 aliphatic rings. The normalized spacial score (nSPS) is 11.7. The van der Waals surface area contributed by atoms with Gasteiger partial charge in [0.05, 0.1) is 5.52 Å². The topological polar surface area (TPSA) is 83.4 Å². The Hall–Kier alpha value is -4.20. The van der Waals surface area contributed by atoms with E-state index in [1.165, 1.54) is 0 Å². The van der Waals surface area contributed by atoms with Crippen molar-refractivity contribution in [2.75, 3.05) is 24.3 Å². The molecule has 0 spiro atoms. The summed E-state index contributed by atoms with van der Waals surface area (Å²) in [7, 11) is 3.93. The fourth-order valence-corrected chi connectivity index (χ4v) is 4.02. The van der Waals surface area contributed by atoms with E-state index in [1.807, 2.05) is 105 Å². The Morgan fingerprint density at radius 1 is 0.943 bits per heavy atom. The summed E-state index contributed by atoms with van der Waals surface area (Å²) in [6.45, 7) is 2.22. The minimum absolute atomic E-state index is 0.00530. The molecule has 1 atom stereocenters. The highest BCUT2D eigenvalue weighted by Crippen LogP contribution is 2.19. The van der Waals surface area contributed by atoms with Crippen LogP contribution in [0.5, 0.6) is 0 Å². The summed E-state index contributed by atoms with van der Waals surface area (Å²) in [6.07, 6.45) is 0.471. The number of para-hydroxylation sites is 1. The summed E-state index contributed by atoms with van der Waals surface area (Å²) in [5, 5.41) is 11.3. The first-order valence-electron chi connectivity index (χ1n) is 11.7. The van der Waals surface area contributed by atoms with Gasteiger partial charge in [-0.25, -0.2) is 4.68 Å². The lowest BCUT2D eigenvalue weighted by Crippen LogP contribution is -2.47. The number of hydrogen-bond acceptors (Lipinski definition) is 5. The summed E-state index contributed by atoms with van der Waals surface area (Å²) >= 11 is 0. The van der Waals surface area contributed by atoms with E-state index in [0.717, 1.165) is 22.3 Å². The largest absolute Gasteiger partial charge is 0.378 e. The number of amides is 2. The minimum atomic E-state index is -0.647. The first-order valence-corrected chi connectivity index (χ1v) is 11.7. The third-order valence-corrected chi connectivity index (χ3v) is 5.94. The number of anilines is 2. The Balaban J connectivity index is 1.58. The van der Waals surface area contributed by atoms with E-state index >= 15 is 0 Å². The molecule has 4 aromatic rings. The molecule has 0 aliphatic carbocycles. The molecule has 0 bridgehead atoms. The van der Waals surface area contributed by atoms with Gasteiger partial charge in [-0.15, -0.1) is 5.10 Å². The number of carbonyl (C=O) groups excluding carboxylic acids is 2. The molecule has 180 valence electrons. The molecule has 0 fully saturated rings. The number of rotatable bonds is 9. The number of fused-ring (bicyclic) bond motifs is 1. The summed E-state index contributed by atoms with van der Waals surface area (Å²) in [5.74, 6) is -0.424. The van der Waals surface area contributed by atoms with Crippen molar-refractivity contribution in [3.8, 4) is 0 Å². The van der Waals surface area contributed by atoms with Gasteiger partial charge in [0.1, 0.15) is 18.1 Å². The summed E-state index contributed by atoms with van der Waals surface area (Å²) in [4.78, 5) is 30.6. The molecule has 1 heterocycles. The van der Waals surface area contributed by atoms with E-state index in [2.05, 4.69) is 15.6 Å². The van der Waals surface area contributed by atoms with Crippen molar-refractivity contribution < 1.29 is 9.59 Å². The third-order valence-electron chi connectivity index (χ3n) is 5.94. The van der Waals surface area contributed by atoms with Crippen LogP contribution in [0.4, 0.5) is 11.4 Å². The Morgan fingerprint density at radius 3 is 2.31 bits per heavy atom. The van der Waals surface area contributed by atoms with Gasteiger partial charge in [0.15, 0.2) is 0 Å². The van der Waals surface area contributed by atoms with E-state index in [-0.39, 0.29) is 18.4 Å². The van der Waals surface area contributed by atoms with Gasteiger partial charge in [-0.2, -0.15) is 0 Å². The van der Waals surface area contributed by atoms with Gasteiger partial charge in [-0.3, -0.25) is 9.59 Å². The van der Waals surface area contributed by atoms with Crippen molar-refractivity contribution in [1.82, 2.24) is 19.9 Å². The fourth-order valence-electron chi connectivity index (χ4n) is 4.02. The number of hydrogen-bond donors (Lipinski definition) is 1. The smallest absolute Gasteiger partial charge is 0.247 e. The molecule has 0 saturated carbocycles. The first kappa shape index (κ1) is 23.9. The summed E-state index contributed by atoms with van der Waals surface area (Å²) < 4.78 is 1.58. The molecule has 4 rings (SSSR count). The van der Waals surface area contributed by atoms with Gasteiger partial charge in [0, 0.05) is 32.0 Å². The lowest BCUT2D eigenvalue weighted by atomic mass is 10.1. The molecular formula is C27H30N6O2. The average Bonchev–Trinajstić information content (AvgIpc) is 3.27. The van der Waals surface area contributed by atoms with E-state index in [9.17, 15) is 9.59 Å². The zero-order valence-electron chi connectivity index (χ0n) is 20.3. The predicted molar refractivity (Wildman–Crippen MR) is 138 cm³/mol. The van der Waals surface area contributed by atoms with E-state index in [4.69, 9.17) is 0 Å². The Bertz CT molecular complexity index is 1280. The van der Waals surface area contributed by atoms with Crippen LogP contribution in [0.3, 0.4) is 0 Å². The maximum Gasteiger partial charge on any atom is 0.247 e. The molecule has 1 unspecified atom stereocenters. The average molecular weight is 471 g/mol. The van der Waals surface area contributed by atoms with Gasteiger partial charge in [-0.1, -0.05) is 54.6 Å². The standard InChI is InChI=1S/C27H30N6O2/c1-4-24(27(35)28-21-14-16-22(17-15-21)31(2)3)32(18-20-10-6-5-7-11-20)26(34)19-33-25-13-9-8-12-23(25)29-30-33/h5-17,24H,4,18-19H2,1-3H3,(H,28,35). The molecule has 1 aromatic heterocycles. The fraction of sp³-hybridized carbons (Fsp3) is 0.259. The van der Waals surface area contributed by atoms with Crippen molar-refractivity contribution in [2.24, 2.45) is 0 Å². The number of carbonyl (C=O) groups is 2. The zero-order chi connectivity index (χ0) is 24.8. The highest BCUT2D eigenvalue weighted by atomic mass is 16.2. The minimum Gasteiger partial charge on any atom is -0.378 e. The van der Waals surface area contributed by atoms with Crippen LogP contribution in [0.15, 0.2) is 78.9 Å². The second-order valence-electron chi connectivity index (χ2n) is 8.60. The van der Waals surface area contributed by atoms with Crippen LogP contribution in [0.25, 0.3) is 11.0 Å². The van der Waals surface area contributed by atoms with Gasteiger partial charge < -0.3 is 15.1 Å². The lowest BCUT2D eigenvalue weighted by Gasteiger charge is -2.30. The molecule has 8 nitrogen and oxygen atoms in total. The Labute approximate surface area is 205 Å². The van der Waals surface area contributed by atoms with Gasteiger partial charge >= 0.3 is 0 Å². The molecule has 0 radical (unpaired) electrons. The second kappa shape index (κ2) is 10.8. The van der Waals surface area contributed by atoms with Crippen molar-refractivity contribution in [1.29, 1.82) is 0 Å². The molecule has 2 amide bonds. The molecule has 1 N–H and O–H groups in total. The van der Waals surface area contributed by atoms with Crippen LogP contribution < -0.4 is 10.2 Å². The van der Waals surface area contributed by atoms with Crippen molar-refractivity contribution >= 4 is 34.2 Å². The summed E-state index contributed by atoms with van der Waals surface area (Å²) in [6, 6.07) is 24.2. The van der Waals surface area contributed by atoms with Crippen LogP contribution in [-0.4, -0.2) is 51.8 Å². The molecule has 0 aliphatic heterocycles. The van der Waals surface area contributed by atoms with E-state index < -0.39 is 6.04 Å². The summed E-state index contributed by atoms with van der Waals surface area (Å²) in [5.41, 5.74) is 4.18. The van der Waals surface area contributed by atoms with Crippen LogP contribution in [-0.2, 0) is 22.7 Å². The number of benzene rings is 3. The van der Waals surface area contributed by atoms with Crippen LogP contribution in [0, 0.1) is 0 Å². The third kappa shape index (κ3) is 5.66. The molecule has 0 saturated heterocycles. The van der Waals surface area contributed by atoms with Crippen LogP contribution >= 0.6 is 0 Å². The second-order valence-corrected chi connectivity index (χ2v) is 8.60. The highest BCUT2D eigenvalue weighted by molar-refractivity contribution is 5.97. The van der Waals surface area contributed by atoms with Gasteiger partial charge in [0.25, 0.3) is 0 Å². The lowest BCUT2D eigenvalue weighted by molar-refractivity contribution is -0.140. The van der Waals surface area contributed by atoms with E-state index in [1.54, 1.807) is 9.58 Å². The van der Waals surface area contributed by atoms with Crippen molar-refractivity contribution in [3.63, 3.8) is 0 Å². The number of aromatic nitrogens is 3. The SMILES string of the molecule is CCC(C(=O)Nc1ccc(N(C)C)cc1)N(Cc1ccccc1)C(=O)Cn1nnc2ccccc21. The number of nitrogens with one attached hydrogen (secondary N) is 1. The highest BCUT2D eigenvalue weighted by Gasteiger charge is 2.29. The van der Waals surface area contributed by atoms with Crippen molar-refractivity contribution in [2.45, 2.75) is 32.5 Å². The van der Waals surface area contributed by atoms with Gasteiger partial charge in [0.2, 0.25) is 11.8 Å². The quantitative estimate of drug-likeness (QED) is 0.401. The number of nitrogens with zero attached hydrogens (tertiary/aromatic N) is 5.